The summed E-state index contributed by atoms with van der Waals surface area (Å²) in [5.41, 5.74) is 4.46. The molecule has 0 bridgehead atoms. The SMILES string of the molecule is CC(C)n1cnnc1CN(C)C(=O)C1c2ccccc2-c2ccccc21. The zero-order chi connectivity index (χ0) is 18.3. The fourth-order valence-corrected chi connectivity index (χ4v) is 3.74. The normalized spacial score (nSPS) is 12.9. The molecule has 0 radical (unpaired) electrons. The molecule has 0 saturated carbocycles. The molecule has 5 nitrogen and oxygen atoms in total. The molecule has 5 heteroatoms. The van der Waals surface area contributed by atoms with Crippen molar-refractivity contribution in [3.63, 3.8) is 0 Å². The minimum atomic E-state index is -0.261. The summed E-state index contributed by atoms with van der Waals surface area (Å²) < 4.78 is 2.00. The van der Waals surface area contributed by atoms with E-state index in [-0.39, 0.29) is 17.9 Å². The molecule has 1 amide bonds. The largest absolute Gasteiger partial charge is 0.337 e. The van der Waals surface area contributed by atoms with Crippen LogP contribution in [0.2, 0.25) is 0 Å². The van der Waals surface area contributed by atoms with Crippen molar-refractivity contribution in [2.75, 3.05) is 7.05 Å². The Balaban J connectivity index is 1.67. The summed E-state index contributed by atoms with van der Waals surface area (Å²) in [6.07, 6.45) is 1.72. The lowest BCUT2D eigenvalue weighted by molar-refractivity contribution is -0.131. The number of amides is 1. The van der Waals surface area contributed by atoms with Gasteiger partial charge in [-0.25, -0.2) is 0 Å². The number of benzene rings is 2. The van der Waals surface area contributed by atoms with Crippen molar-refractivity contribution in [3.8, 4) is 11.1 Å². The van der Waals surface area contributed by atoms with Gasteiger partial charge < -0.3 is 9.47 Å². The monoisotopic (exact) mass is 346 g/mol. The molecule has 0 aliphatic heterocycles. The maximum Gasteiger partial charge on any atom is 0.234 e. The fourth-order valence-electron chi connectivity index (χ4n) is 3.74. The third kappa shape index (κ3) is 2.60. The van der Waals surface area contributed by atoms with Gasteiger partial charge in [-0.15, -0.1) is 10.2 Å². The molecule has 0 atom stereocenters. The number of likely N-dealkylation sites (N-methyl/N-ethyl adjacent to an activating group) is 1. The van der Waals surface area contributed by atoms with Gasteiger partial charge in [-0.2, -0.15) is 0 Å². The highest BCUT2D eigenvalue weighted by Gasteiger charge is 2.35. The average Bonchev–Trinajstić information content (AvgIpc) is 3.23. The molecule has 0 saturated heterocycles. The van der Waals surface area contributed by atoms with Gasteiger partial charge in [0.15, 0.2) is 5.82 Å². The highest BCUT2D eigenvalue weighted by molar-refractivity contribution is 5.96. The van der Waals surface area contributed by atoms with E-state index < -0.39 is 0 Å². The van der Waals surface area contributed by atoms with Crippen molar-refractivity contribution in [1.82, 2.24) is 19.7 Å². The lowest BCUT2D eigenvalue weighted by Crippen LogP contribution is -2.32. The van der Waals surface area contributed by atoms with E-state index >= 15 is 0 Å². The van der Waals surface area contributed by atoms with E-state index in [9.17, 15) is 4.79 Å². The average molecular weight is 346 g/mol. The summed E-state index contributed by atoms with van der Waals surface area (Å²) in [4.78, 5) is 15.1. The number of hydrogen-bond donors (Lipinski definition) is 0. The quantitative estimate of drug-likeness (QED) is 0.725. The highest BCUT2D eigenvalue weighted by Crippen LogP contribution is 2.45. The van der Waals surface area contributed by atoms with E-state index in [1.807, 2.05) is 35.9 Å². The molecule has 1 heterocycles. The molecule has 0 unspecified atom stereocenters. The van der Waals surface area contributed by atoms with Crippen LogP contribution in [0.25, 0.3) is 11.1 Å². The predicted molar refractivity (Wildman–Crippen MR) is 101 cm³/mol. The first-order valence-electron chi connectivity index (χ1n) is 8.89. The van der Waals surface area contributed by atoms with Crippen LogP contribution in [-0.4, -0.2) is 32.6 Å². The lowest BCUT2D eigenvalue weighted by Gasteiger charge is -2.23. The fraction of sp³-hybridized carbons (Fsp3) is 0.286. The topological polar surface area (TPSA) is 51.0 Å². The van der Waals surface area contributed by atoms with E-state index in [1.165, 1.54) is 0 Å². The Hall–Kier alpha value is -2.95. The number of rotatable bonds is 4. The highest BCUT2D eigenvalue weighted by atomic mass is 16.2. The summed E-state index contributed by atoms with van der Waals surface area (Å²) in [7, 11) is 1.84. The molecule has 4 rings (SSSR count). The van der Waals surface area contributed by atoms with Crippen LogP contribution in [0, 0.1) is 0 Å². The number of carbonyl (C=O) groups excluding carboxylic acids is 1. The molecular formula is C21H22N4O. The molecule has 3 aromatic rings. The Morgan fingerprint density at radius 3 is 2.23 bits per heavy atom. The van der Waals surface area contributed by atoms with Crippen LogP contribution < -0.4 is 0 Å². The number of hydrogen-bond acceptors (Lipinski definition) is 3. The molecule has 0 fully saturated rings. The lowest BCUT2D eigenvalue weighted by atomic mass is 9.95. The molecule has 26 heavy (non-hydrogen) atoms. The van der Waals surface area contributed by atoms with Crippen molar-refractivity contribution >= 4 is 5.91 Å². The Kier molecular flexibility index (Phi) is 4.07. The van der Waals surface area contributed by atoms with E-state index in [0.717, 1.165) is 28.1 Å². The van der Waals surface area contributed by atoms with Gasteiger partial charge in [-0.1, -0.05) is 48.5 Å². The van der Waals surface area contributed by atoms with E-state index in [1.54, 1.807) is 11.2 Å². The van der Waals surface area contributed by atoms with Crippen LogP contribution in [0.15, 0.2) is 54.9 Å². The van der Waals surface area contributed by atoms with Crippen molar-refractivity contribution in [3.05, 3.63) is 71.8 Å². The van der Waals surface area contributed by atoms with Gasteiger partial charge in [0.2, 0.25) is 5.91 Å². The Bertz CT molecular complexity index is 914. The minimum absolute atomic E-state index is 0.0840. The Morgan fingerprint density at radius 2 is 1.65 bits per heavy atom. The predicted octanol–water partition coefficient (Wildman–Crippen LogP) is 3.63. The number of nitrogens with zero attached hydrogens (tertiary/aromatic N) is 4. The molecule has 1 aromatic heterocycles. The Labute approximate surface area is 153 Å². The van der Waals surface area contributed by atoms with Gasteiger partial charge in [0.1, 0.15) is 6.33 Å². The first-order valence-corrected chi connectivity index (χ1v) is 8.89. The molecule has 132 valence electrons. The maximum absolute atomic E-state index is 13.3. The summed E-state index contributed by atoms with van der Waals surface area (Å²) in [5.74, 6) is 0.624. The van der Waals surface area contributed by atoms with Crippen LogP contribution in [0.3, 0.4) is 0 Å². The van der Waals surface area contributed by atoms with E-state index in [0.29, 0.717) is 6.54 Å². The van der Waals surface area contributed by atoms with E-state index in [4.69, 9.17) is 0 Å². The summed E-state index contributed by atoms with van der Waals surface area (Å²) in [5, 5.41) is 8.19. The van der Waals surface area contributed by atoms with E-state index in [2.05, 4.69) is 48.3 Å². The number of fused-ring (bicyclic) bond motifs is 3. The van der Waals surface area contributed by atoms with Crippen LogP contribution in [0.4, 0.5) is 0 Å². The zero-order valence-corrected chi connectivity index (χ0v) is 15.3. The zero-order valence-electron chi connectivity index (χ0n) is 15.3. The minimum Gasteiger partial charge on any atom is -0.337 e. The third-order valence-corrected chi connectivity index (χ3v) is 5.04. The van der Waals surface area contributed by atoms with Crippen LogP contribution in [0.1, 0.15) is 42.8 Å². The van der Waals surface area contributed by atoms with Gasteiger partial charge in [0.25, 0.3) is 0 Å². The van der Waals surface area contributed by atoms with Gasteiger partial charge in [0, 0.05) is 13.1 Å². The number of carbonyl (C=O) groups is 1. The smallest absolute Gasteiger partial charge is 0.234 e. The van der Waals surface area contributed by atoms with Crippen molar-refractivity contribution in [1.29, 1.82) is 0 Å². The van der Waals surface area contributed by atoms with Gasteiger partial charge in [-0.3, -0.25) is 4.79 Å². The van der Waals surface area contributed by atoms with Crippen LogP contribution in [-0.2, 0) is 11.3 Å². The van der Waals surface area contributed by atoms with Crippen molar-refractivity contribution in [2.24, 2.45) is 0 Å². The van der Waals surface area contributed by atoms with Gasteiger partial charge in [-0.05, 0) is 36.1 Å². The summed E-state index contributed by atoms with van der Waals surface area (Å²) >= 11 is 0. The van der Waals surface area contributed by atoms with Gasteiger partial charge >= 0.3 is 0 Å². The first kappa shape index (κ1) is 16.5. The first-order chi connectivity index (χ1) is 12.6. The Morgan fingerprint density at radius 1 is 1.08 bits per heavy atom. The molecule has 1 aliphatic rings. The summed E-state index contributed by atoms with van der Waals surface area (Å²) in [6.45, 7) is 4.61. The maximum atomic E-state index is 13.3. The molecule has 2 aromatic carbocycles. The van der Waals surface area contributed by atoms with Crippen LogP contribution >= 0.6 is 0 Å². The molecular weight excluding hydrogens is 324 g/mol. The van der Waals surface area contributed by atoms with Crippen molar-refractivity contribution in [2.45, 2.75) is 32.4 Å². The second-order valence-electron chi connectivity index (χ2n) is 7.05. The number of aromatic nitrogens is 3. The molecule has 0 N–H and O–H groups in total. The second-order valence-corrected chi connectivity index (χ2v) is 7.05. The van der Waals surface area contributed by atoms with Crippen LogP contribution in [0.5, 0.6) is 0 Å². The third-order valence-electron chi connectivity index (χ3n) is 5.04. The molecule has 0 spiro atoms. The standard InChI is InChI=1S/C21H22N4O/c1-14(2)25-13-22-23-19(25)12-24(3)21(26)20-17-10-6-4-8-15(17)16-9-5-7-11-18(16)20/h4-11,13-14,20H,12H2,1-3H3. The molecule has 1 aliphatic carbocycles. The van der Waals surface area contributed by atoms with Crippen molar-refractivity contribution < 1.29 is 4.79 Å². The summed E-state index contributed by atoms with van der Waals surface area (Å²) in [6, 6.07) is 16.6. The van der Waals surface area contributed by atoms with Gasteiger partial charge in [0.05, 0.1) is 12.5 Å². The second kappa shape index (κ2) is 6.41.